The maximum atomic E-state index is 12.4. The van der Waals surface area contributed by atoms with E-state index < -0.39 is 0 Å². The average molecular weight is 320 g/mol. The molecule has 0 unspecified atom stereocenters. The highest BCUT2D eigenvalue weighted by atomic mass is 16.1. The van der Waals surface area contributed by atoms with Gasteiger partial charge in [-0.15, -0.1) is 6.42 Å². The minimum Gasteiger partial charge on any atom is -0.370 e. The number of hydrogen-bond acceptors (Lipinski definition) is 3. The summed E-state index contributed by atoms with van der Waals surface area (Å²) in [5.41, 5.74) is 2.86. The maximum Gasteiger partial charge on any atom is 0.266 e. The van der Waals surface area contributed by atoms with Gasteiger partial charge in [-0.25, -0.2) is 0 Å². The first-order valence-corrected chi connectivity index (χ1v) is 8.46. The van der Waals surface area contributed by atoms with Crippen molar-refractivity contribution in [1.29, 1.82) is 0 Å². The van der Waals surface area contributed by atoms with Gasteiger partial charge in [-0.1, -0.05) is 5.92 Å². The number of aromatic amines is 1. The normalized spacial score (nSPS) is 18.6. The average Bonchev–Trinajstić information content (AvgIpc) is 3.33. The van der Waals surface area contributed by atoms with Crippen LogP contribution in [-0.4, -0.2) is 23.9 Å². The number of benzene rings is 1. The summed E-state index contributed by atoms with van der Waals surface area (Å²) in [6, 6.07) is 5.39. The van der Waals surface area contributed by atoms with Gasteiger partial charge in [0.2, 0.25) is 0 Å². The van der Waals surface area contributed by atoms with Gasteiger partial charge in [-0.2, -0.15) is 0 Å². The van der Waals surface area contributed by atoms with Crippen molar-refractivity contribution in [2.75, 3.05) is 18.0 Å². The predicted octanol–water partition coefficient (Wildman–Crippen LogP) is 3.09. The molecule has 2 aromatic rings. The molecule has 1 saturated carbocycles. The lowest BCUT2D eigenvalue weighted by Gasteiger charge is -2.35. The van der Waals surface area contributed by atoms with Gasteiger partial charge in [-0.05, 0) is 56.2 Å². The Hall–Kier alpha value is -2.54. The second-order valence-corrected chi connectivity index (χ2v) is 7.13. The third-order valence-corrected chi connectivity index (χ3v) is 5.64. The van der Waals surface area contributed by atoms with Crippen molar-refractivity contribution in [1.82, 2.24) is 4.98 Å². The number of fused-ring (bicyclic) bond motifs is 1. The molecule has 2 aliphatic rings. The molecule has 2 fully saturated rings. The maximum absolute atomic E-state index is 12.4. The molecule has 0 bridgehead atoms. The highest BCUT2D eigenvalue weighted by molar-refractivity contribution is 6.02. The van der Waals surface area contributed by atoms with E-state index in [9.17, 15) is 9.59 Å². The summed E-state index contributed by atoms with van der Waals surface area (Å²) in [5, 5.41) is 0.863. The first kappa shape index (κ1) is 15.0. The van der Waals surface area contributed by atoms with E-state index >= 15 is 0 Å². The van der Waals surface area contributed by atoms with Gasteiger partial charge in [-0.3, -0.25) is 9.59 Å². The molecule has 0 amide bonds. The topological polar surface area (TPSA) is 53.2 Å². The number of anilines is 1. The van der Waals surface area contributed by atoms with Crippen LogP contribution in [0.25, 0.3) is 10.9 Å². The molecule has 1 aliphatic heterocycles. The van der Waals surface area contributed by atoms with E-state index in [4.69, 9.17) is 6.42 Å². The number of pyridine rings is 1. The molecule has 1 N–H and O–H groups in total. The predicted molar refractivity (Wildman–Crippen MR) is 95.6 cm³/mol. The van der Waals surface area contributed by atoms with Crippen LogP contribution in [0.2, 0.25) is 0 Å². The number of carbonyl (C=O) groups is 1. The number of hydrogen-bond donors (Lipinski definition) is 1. The molecule has 1 aromatic heterocycles. The van der Waals surface area contributed by atoms with Crippen molar-refractivity contribution in [2.24, 2.45) is 5.41 Å². The first-order valence-electron chi connectivity index (χ1n) is 8.46. The molecule has 1 saturated heterocycles. The second-order valence-electron chi connectivity index (χ2n) is 7.13. The van der Waals surface area contributed by atoms with Gasteiger partial charge in [0.15, 0.2) is 5.78 Å². The van der Waals surface area contributed by atoms with Gasteiger partial charge in [0.05, 0.1) is 11.2 Å². The molecule has 24 heavy (non-hydrogen) atoms. The number of H-pyrrole nitrogens is 1. The molecule has 0 atom stereocenters. The number of Topliss-reactive ketones (excluding diaryl/α,β-unsaturated/α-hetero) is 1. The number of carbonyl (C=O) groups excluding carboxylic acids is 1. The van der Waals surface area contributed by atoms with E-state index in [2.05, 4.69) is 15.8 Å². The highest BCUT2D eigenvalue weighted by Crippen LogP contribution is 2.54. The van der Waals surface area contributed by atoms with Crippen molar-refractivity contribution in [3.05, 3.63) is 39.7 Å². The summed E-state index contributed by atoms with van der Waals surface area (Å²) < 4.78 is 0. The van der Waals surface area contributed by atoms with E-state index in [1.165, 1.54) is 12.8 Å². The molecule has 4 nitrogen and oxygen atoms in total. The fourth-order valence-electron chi connectivity index (χ4n) is 3.84. The monoisotopic (exact) mass is 320 g/mol. The Kier molecular flexibility index (Phi) is 3.28. The van der Waals surface area contributed by atoms with Crippen LogP contribution < -0.4 is 10.5 Å². The Morgan fingerprint density at radius 2 is 1.96 bits per heavy atom. The van der Waals surface area contributed by atoms with E-state index in [-0.39, 0.29) is 11.3 Å². The van der Waals surface area contributed by atoms with Gasteiger partial charge in [0.1, 0.15) is 5.56 Å². The van der Waals surface area contributed by atoms with Crippen molar-refractivity contribution in [2.45, 2.75) is 32.6 Å². The SMILES string of the molecule is C#Cc1c(N2CCC3(CC2)CC3)c2cc(C(C)=O)ccc2[nH]c1=O. The van der Waals surface area contributed by atoms with Gasteiger partial charge >= 0.3 is 0 Å². The summed E-state index contributed by atoms with van der Waals surface area (Å²) in [6.07, 6.45) is 10.6. The fourth-order valence-corrected chi connectivity index (χ4v) is 3.84. The Morgan fingerprint density at radius 1 is 1.25 bits per heavy atom. The third-order valence-electron chi connectivity index (χ3n) is 5.64. The molecule has 2 heterocycles. The molecular weight excluding hydrogens is 300 g/mol. The van der Waals surface area contributed by atoms with Crippen molar-refractivity contribution in [3.63, 3.8) is 0 Å². The van der Waals surface area contributed by atoms with E-state index in [1.54, 1.807) is 19.1 Å². The summed E-state index contributed by atoms with van der Waals surface area (Å²) in [6.45, 7) is 3.38. The second kappa shape index (κ2) is 5.24. The Balaban J connectivity index is 1.90. The summed E-state index contributed by atoms with van der Waals surface area (Å²) in [7, 11) is 0. The van der Waals surface area contributed by atoms with Crippen LogP contribution in [0.5, 0.6) is 0 Å². The zero-order chi connectivity index (χ0) is 16.9. The highest BCUT2D eigenvalue weighted by Gasteiger charge is 2.44. The Labute approximate surface area is 140 Å². The van der Waals surface area contributed by atoms with E-state index in [1.807, 2.05) is 6.07 Å². The number of aromatic nitrogens is 1. The Bertz CT molecular complexity index is 934. The fraction of sp³-hybridized carbons (Fsp3) is 0.400. The number of terminal acetylenes is 1. The lowest BCUT2D eigenvalue weighted by Crippen LogP contribution is -2.36. The van der Waals surface area contributed by atoms with E-state index in [0.29, 0.717) is 16.5 Å². The molecule has 0 radical (unpaired) electrons. The largest absolute Gasteiger partial charge is 0.370 e. The van der Waals surface area contributed by atoms with Crippen LogP contribution in [-0.2, 0) is 0 Å². The first-order chi connectivity index (χ1) is 11.5. The van der Waals surface area contributed by atoms with Crippen molar-refractivity contribution < 1.29 is 4.79 Å². The van der Waals surface area contributed by atoms with Crippen LogP contribution >= 0.6 is 0 Å². The number of ketones is 1. The lowest BCUT2D eigenvalue weighted by molar-refractivity contribution is 0.101. The van der Waals surface area contributed by atoms with Crippen LogP contribution in [0.1, 0.15) is 48.5 Å². The van der Waals surface area contributed by atoms with Gasteiger partial charge < -0.3 is 9.88 Å². The summed E-state index contributed by atoms with van der Waals surface area (Å²) >= 11 is 0. The minimum absolute atomic E-state index is 0.00638. The van der Waals surface area contributed by atoms with Crippen LogP contribution in [0.3, 0.4) is 0 Å². The van der Waals surface area contributed by atoms with Crippen molar-refractivity contribution >= 4 is 22.4 Å². The molecular formula is C20H20N2O2. The Morgan fingerprint density at radius 3 is 2.54 bits per heavy atom. The molecule has 1 spiro atoms. The quantitative estimate of drug-likeness (QED) is 0.683. The molecule has 4 rings (SSSR count). The van der Waals surface area contributed by atoms with E-state index in [0.717, 1.165) is 42.5 Å². The smallest absolute Gasteiger partial charge is 0.266 e. The zero-order valence-corrected chi connectivity index (χ0v) is 13.8. The van der Waals surface area contributed by atoms with Crippen LogP contribution in [0.4, 0.5) is 5.69 Å². The summed E-state index contributed by atoms with van der Waals surface area (Å²) in [5.74, 6) is 2.57. The van der Waals surface area contributed by atoms with Crippen LogP contribution in [0, 0.1) is 17.8 Å². The number of nitrogens with one attached hydrogen (secondary N) is 1. The minimum atomic E-state index is -0.234. The summed E-state index contributed by atoms with van der Waals surface area (Å²) in [4.78, 5) is 29.2. The third kappa shape index (κ3) is 2.32. The molecule has 1 aromatic carbocycles. The number of rotatable bonds is 2. The van der Waals surface area contributed by atoms with Gasteiger partial charge in [0, 0.05) is 24.0 Å². The standard InChI is InChI=1S/C20H20N2O2/c1-3-15-18(22-10-8-20(6-7-20)9-11-22)16-12-14(13(2)23)4-5-17(16)21-19(15)24/h1,4-5,12H,6-11H2,2H3,(H,21,24). The molecule has 1 aliphatic carbocycles. The van der Waals surface area contributed by atoms with Crippen LogP contribution in [0.15, 0.2) is 23.0 Å². The molecule has 122 valence electrons. The lowest BCUT2D eigenvalue weighted by atomic mass is 9.92. The van der Waals surface area contributed by atoms with Gasteiger partial charge in [0.25, 0.3) is 5.56 Å². The van der Waals surface area contributed by atoms with Crippen molar-refractivity contribution in [3.8, 4) is 12.3 Å². The number of nitrogens with zero attached hydrogens (tertiary/aromatic N) is 1. The number of piperidine rings is 1. The zero-order valence-electron chi connectivity index (χ0n) is 13.8. The molecule has 4 heteroatoms.